The van der Waals surface area contributed by atoms with Gasteiger partial charge in [0.25, 0.3) is 0 Å². The molecule has 1 aliphatic heterocycles. The average molecular weight is 316 g/mol. The van der Waals surface area contributed by atoms with Gasteiger partial charge in [0.2, 0.25) is 0 Å². The van der Waals surface area contributed by atoms with Gasteiger partial charge in [0.1, 0.15) is 5.82 Å². The lowest BCUT2D eigenvalue weighted by Crippen LogP contribution is -2.38. The second-order valence-electron chi connectivity index (χ2n) is 4.77. The lowest BCUT2D eigenvalue weighted by atomic mass is 9.93. The maximum absolute atomic E-state index is 13.4. The average Bonchev–Trinajstić information content (AvgIpc) is 2.80. The highest BCUT2D eigenvalue weighted by atomic mass is 79.9. The summed E-state index contributed by atoms with van der Waals surface area (Å²) in [5.41, 5.74) is 1.03. The Morgan fingerprint density at radius 3 is 2.94 bits per heavy atom. The molecule has 0 saturated carbocycles. The summed E-state index contributed by atoms with van der Waals surface area (Å²) in [5.74, 6) is 0.351. The monoisotopic (exact) mass is 315 g/mol. The van der Waals surface area contributed by atoms with Gasteiger partial charge >= 0.3 is 0 Å². The third-order valence-corrected chi connectivity index (χ3v) is 3.84. The van der Waals surface area contributed by atoms with E-state index in [1.54, 1.807) is 6.07 Å². The maximum Gasteiger partial charge on any atom is 0.124 e. The predicted octanol–water partition coefficient (Wildman–Crippen LogP) is 3.15. The van der Waals surface area contributed by atoms with Crippen molar-refractivity contribution in [1.82, 2.24) is 5.32 Å². The van der Waals surface area contributed by atoms with Crippen molar-refractivity contribution >= 4 is 15.9 Å². The zero-order valence-corrected chi connectivity index (χ0v) is 12.2. The van der Waals surface area contributed by atoms with Crippen molar-refractivity contribution in [2.24, 2.45) is 5.92 Å². The molecule has 0 aliphatic carbocycles. The molecule has 0 radical (unpaired) electrons. The van der Waals surface area contributed by atoms with Crippen LogP contribution in [0, 0.1) is 11.7 Å². The fourth-order valence-electron chi connectivity index (χ4n) is 2.52. The normalized spacial score (nSPS) is 21.2. The fourth-order valence-corrected chi connectivity index (χ4v) is 3.03. The number of ether oxygens (including phenoxy) is 1. The third kappa shape index (κ3) is 3.77. The van der Waals surface area contributed by atoms with E-state index in [9.17, 15) is 4.39 Å². The molecule has 2 nitrogen and oxygen atoms in total. The summed E-state index contributed by atoms with van der Waals surface area (Å²) in [6.07, 6.45) is 1.94. The smallest absolute Gasteiger partial charge is 0.124 e. The van der Waals surface area contributed by atoms with E-state index in [1.165, 1.54) is 6.07 Å². The van der Waals surface area contributed by atoms with E-state index < -0.39 is 0 Å². The van der Waals surface area contributed by atoms with Gasteiger partial charge in [-0.3, -0.25) is 0 Å². The molecule has 1 heterocycles. The molecule has 1 fully saturated rings. The van der Waals surface area contributed by atoms with Gasteiger partial charge in [0.05, 0.1) is 6.61 Å². The lowest BCUT2D eigenvalue weighted by molar-refractivity contribution is 0.176. The van der Waals surface area contributed by atoms with Gasteiger partial charge in [0, 0.05) is 23.0 Å². The number of halogens is 2. The van der Waals surface area contributed by atoms with Crippen LogP contribution in [0.3, 0.4) is 0 Å². The van der Waals surface area contributed by atoms with Crippen LogP contribution in [0.1, 0.15) is 18.9 Å². The van der Waals surface area contributed by atoms with Crippen LogP contribution in [0.2, 0.25) is 0 Å². The fraction of sp³-hybridized carbons (Fsp3) is 0.571. The summed E-state index contributed by atoms with van der Waals surface area (Å²) < 4.78 is 19.6. The van der Waals surface area contributed by atoms with Crippen molar-refractivity contribution in [1.29, 1.82) is 0 Å². The highest BCUT2D eigenvalue weighted by molar-refractivity contribution is 9.10. The lowest BCUT2D eigenvalue weighted by Gasteiger charge is -2.23. The first-order valence-electron chi connectivity index (χ1n) is 6.45. The third-order valence-electron chi connectivity index (χ3n) is 3.38. The van der Waals surface area contributed by atoms with E-state index in [1.807, 2.05) is 6.07 Å². The highest BCUT2D eigenvalue weighted by Gasteiger charge is 2.25. The Balaban J connectivity index is 2.07. The van der Waals surface area contributed by atoms with Crippen molar-refractivity contribution in [3.8, 4) is 0 Å². The van der Waals surface area contributed by atoms with E-state index in [4.69, 9.17) is 4.74 Å². The molecule has 1 N–H and O–H groups in total. The molecular weight excluding hydrogens is 297 g/mol. The summed E-state index contributed by atoms with van der Waals surface area (Å²) in [7, 11) is 0. The molecule has 1 aliphatic rings. The Kier molecular flexibility index (Phi) is 5.15. The summed E-state index contributed by atoms with van der Waals surface area (Å²) >= 11 is 3.34. The van der Waals surface area contributed by atoms with Crippen LogP contribution in [0.4, 0.5) is 4.39 Å². The predicted molar refractivity (Wildman–Crippen MR) is 74.2 cm³/mol. The van der Waals surface area contributed by atoms with Crippen LogP contribution < -0.4 is 5.32 Å². The van der Waals surface area contributed by atoms with Crippen LogP contribution >= 0.6 is 15.9 Å². The zero-order chi connectivity index (χ0) is 13.0. The maximum atomic E-state index is 13.4. The van der Waals surface area contributed by atoms with Gasteiger partial charge in [-0.15, -0.1) is 0 Å². The molecular formula is C14H19BrFNO. The second-order valence-corrected chi connectivity index (χ2v) is 5.69. The van der Waals surface area contributed by atoms with E-state index in [0.717, 1.165) is 42.6 Å². The van der Waals surface area contributed by atoms with Crippen molar-refractivity contribution in [2.45, 2.75) is 25.8 Å². The minimum Gasteiger partial charge on any atom is -0.381 e. The minimum absolute atomic E-state index is 0.183. The molecule has 100 valence electrons. The molecule has 2 rings (SSSR count). The molecule has 4 heteroatoms. The quantitative estimate of drug-likeness (QED) is 0.901. The van der Waals surface area contributed by atoms with Crippen molar-refractivity contribution in [3.05, 3.63) is 34.1 Å². The van der Waals surface area contributed by atoms with Crippen molar-refractivity contribution in [3.63, 3.8) is 0 Å². The van der Waals surface area contributed by atoms with Crippen LogP contribution in [0.15, 0.2) is 22.7 Å². The molecule has 2 unspecified atom stereocenters. The van der Waals surface area contributed by atoms with Gasteiger partial charge in [-0.25, -0.2) is 4.39 Å². The van der Waals surface area contributed by atoms with Gasteiger partial charge in [-0.1, -0.05) is 22.9 Å². The van der Waals surface area contributed by atoms with Crippen LogP contribution in [0.5, 0.6) is 0 Å². The molecule has 0 spiro atoms. The molecule has 0 amide bonds. The Hall–Kier alpha value is -0.450. The first-order valence-corrected chi connectivity index (χ1v) is 7.24. The second kappa shape index (κ2) is 6.64. The molecule has 1 aromatic rings. The van der Waals surface area contributed by atoms with E-state index >= 15 is 0 Å². The number of nitrogens with one attached hydrogen (secondary N) is 1. The summed E-state index contributed by atoms with van der Waals surface area (Å²) in [4.78, 5) is 0. The van der Waals surface area contributed by atoms with E-state index in [-0.39, 0.29) is 5.82 Å². The topological polar surface area (TPSA) is 21.3 Å². The molecule has 1 saturated heterocycles. The minimum atomic E-state index is -0.183. The Morgan fingerprint density at radius 2 is 2.33 bits per heavy atom. The molecule has 0 bridgehead atoms. The van der Waals surface area contributed by atoms with Crippen molar-refractivity contribution in [2.75, 3.05) is 19.8 Å². The van der Waals surface area contributed by atoms with Crippen molar-refractivity contribution < 1.29 is 9.13 Å². The summed E-state index contributed by atoms with van der Waals surface area (Å²) in [6.45, 7) is 4.69. The SMILES string of the molecule is CCNC(Cc1cc(F)cc(Br)c1)C1CCOC1. The first-order chi connectivity index (χ1) is 8.69. The number of hydrogen-bond donors (Lipinski definition) is 1. The van der Waals surface area contributed by atoms with E-state index in [0.29, 0.717) is 12.0 Å². The number of likely N-dealkylation sites (N-methyl/N-ethyl adjacent to an activating group) is 1. The van der Waals surface area contributed by atoms with Gasteiger partial charge in [-0.05, 0) is 43.1 Å². The highest BCUT2D eigenvalue weighted by Crippen LogP contribution is 2.22. The Bertz CT molecular complexity index is 373. The largest absolute Gasteiger partial charge is 0.381 e. The van der Waals surface area contributed by atoms with Crippen LogP contribution in [0.25, 0.3) is 0 Å². The van der Waals surface area contributed by atoms with Crippen LogP contribution in [-0.4, -0.2) is 25.8 Å². The number of hydrogen-bond acceptors (Lipinski definition) is 2. The van der Waals surface area contributed by atoms with Gasteiger partial charge < -0.3 is 10.1 Å². The Morgan fingerprint density at radius 1 is 1.50 bits per heavy atom. The molecule has 1 aromatic carbocycles. The van der Waals surface area contributed by atoms with Gasteiger partial charge in [-0.2, -0.15) is 0 Å². The van der Waals surface area contributed by atoms with E-state index in [2.05, 4.69) is 28.2 Å². The number of benzene rings is 1. The molecule has 18 heavy (non-hydrogen) atoms. The van der Waals surface area contributed by atoms with Gasteiger partial charge in [0.15, 0.2) is 0 Å². The molecule has 0 aromatic heterocycles. The standard InChI is InChI=1S/C14H19BrFNO/c1-2-17-14(11-3-4-18-9-11)7-10-5-12(15)8-13(16)6-10/h5-6,8,11,14,17H,2-4,7,9H2,1H3. The first kappa shape index (κ1) is 14.0. The van der Waals surface area contributed by atoms with Crippen LogP contribution in [-0.2, 0) is 11.2 Å². The number of rotatable bonds is 5. The summed E-state index contributed by atoms with van der Waals surface area (Å²) in [5, 5.41) is 3.49. The molecule has 2 atom stereocenters. The Labute approximate surface area is 116 Å². The summed E-state index contributed by atoms with van der Waals surface area (Å²) in [6, 6.07) is 5.46. The zero-order valence-electron chi connectivity index (χ0n) is 10.6.